The topological polar surface area (TPSA) is 101 Å². The Hall–Kier alpha value is -1.77. The monoisotopic (exact) mass is 569 g/mol. The van der Waals surface area contributed by atoms with E-state index in [0.717, 1.165) is 56.6 Å². The summed E-state index contributed by atoms with van der Waals surface area (Å²) in [6.07, 6.45) is 12.0. The molecule has 3 aliphatic carbocycles. The molecule has 3 saturated carbocycles. The van der Waals surface area contributed by atoms with Crippen molar-refractivity contribution in [2.45, 2.75) is 97.0 Å². The van der Waals surface area contributed by atoms with Gasteiger partial charge in [0.2, 0.25) is 0 Å². The summed E-state index contributed by atoms with van der Waals surface area (Å²) in [5, 5.41) is 16.0. The molecule has 0 amide bonds. The van der Waals surface area contributed by atoms with Crippen LogP contribution in [-0.4, -0.2) is 63.1 Å². The fourth-order valence-corrected chi connectivity index (χ4v) is 9.66. The first-order chi connectivity index (χ1) is 19.0. The second-order valence-electron chi connectivity index (χ2n) is 13.5. The van der Waals surface area contributed by atoms with Crippen LogP contribution in [0.4, 0.5) is 0 Å². The number of aliphatic hydroxyl groups is 1. The highest BCUT2D eigenvalue weighted by molar-refractivity contribution is 8.00. The predicted octanol–water partition coefficient (Wildman–Crippen LogP) is 5.00. The molecule has 8 atom stereocenters. The van der Waals surface area contributed by atoms with Crippen molar-refractivity contribution in [3.63, 3.8) is 0 Å². The van der Waals surface area contributed by atoms with Gasteiger partial charge in [-0.1, -0.05) is 33.8 Å². The molecule has 5 rings (SSSR count). The molecular formula is C32H47N3O4S. The average molecular weight is 570 g/mol. The van der Waals surface area contributed by atoms with Gasteiger partial charge in [-0.3, -0.25) is 19.6 Å². The molecule has 4 fully saturated rings. The predicted molar refractivity (Wildman–Crippen MR) is 159 cm³/mol. The molecule has 4 aliphatic rings. The van der Waals surface area contributed by atoms with Crippen molar-refractivity contribution >= 4 is 29.6 Å². The zero-order chi connectivity index (χ0) is 28.7. The number of hydrogen-bond donors (Lipinski definition) is 2. The van der Waals surface area contributed by atoms with E-state index in [0.29, 0.717) is 23.8 Å². The molecule has 2 N–H and O–H groups in total. The van der Waals surface area contributed by atoms with Crippen LogP contribution in [-0.2, 0) is 14.3 Å². The zero-order valence-corrected chi connectivity index (χ0v) is 25.6. The number of aliphatic hydroxyl groups excluding tert-OH is 1. The van der Waals surface area contributed by atoms with Crippen molar-refractivity contribution in [2.24, 2.45) is 34.0 Å². The van der Waals surface area contributed by atoms with Gasteiger partial charge in [0.1, 0.15) is 11.9 Å². The summed E-state index contributed by atoms with van der Waals surface area (Å²) < 4.78 is 6.48. The Bertz CT molecular complexity index is 1140. The number of thioether (sulfide) groups is 1. The highest BCUT2D eigenvalue weighted by Crippen LogP contribution is 2.68. The van der Waals surface area contributed by atoms with Crippen LogP contribution in [0.3, 0.4) is 0 Å². The quantitative estimate of drug-likeness (QED) is 0.462. The Balaban J connectivity index is 1.51. The summed E-state index contributed by atoms with van der Waals surface area (Å²) >= 11 is 1.70. The van der Waals surface area contributed by atoms with E-state index < -0.39 is 23.0 Å². The number of aryl methyl sites for hydroxylation is 1. The van der Waals surface area contributed by atoms with E-state index in [1.165, 1.54) is 0 Å². The number of ketones is 1. The molecule has 0 aromatic carbocycles. The van der Waals surface area contributed by atoms with Gasteiger partial charge in [-0.2, -0.15) is 0 Å². The van der Waals surface area contributed by atoms with Crippen LogP contribution in [0.15, 0.2) is 18.5 Å². The number of carbonyl (C=O) groups excluding carboxylic acids is 2. The normalized spacial score (nSPS) is 40.5. The van der Waals surface area contributed by atoms with Gasteiger partial charge in [-0.05, 0) is 81.9 Å². The van der Waals surface area contributed by atoms with Crippen LogP contribution in [0, 0.1) is 40.9 Å². The lowest BCUT2D eigenvalue weighted by atomic mass is 9.44. The molecule has 40 heavy (non-hydrogen) atoms. The summed E-state index contributed by atoms with van der Waals surface area (Å²) in [5.74, 6) is 0.343. The summed E-state index contributed by atoms with van der Waals surface area (Å²) in [6, 6.07) is 0. The molecule has 1 aromatic rings. The first-order valence-electron chi connectivity index (χ1n) is 15.2. The Morgan fingerprint density at radius 3 is 2.62 bits per heavy atom. The number of nitrogens with zero attached hydrogens (tertiary/aromatic N) is 2. The van der Waals surface area contributed by atoms with Crippen molar-refractivity contribution < 1.29 is 19.4 Å². The van der Waals surface area contributed by atoms with Gasteiger partial charge in [-0.15, -0.1) is 11.8 Å². The van der Waals surface area contributed by atoms with E-state index in [1.807, 2.05) is 13.0 Å². The first kappa shape index (κ1) is 29.7. The SMILES string of the molecule is Cc1nccnc1/C=C/[C@@]1(C)C[C@@H](OC(=O)CSC2CCNCC2)[C@]2(C)[C@H](C)CC[C@]3(CCC(=O)[C@H]32)[C@@H](C)[C@@H]1O. The van der Waals surface area contributed by atoms with Gasteiger partial charge >= 0.3 is 5.97 Å². The third-order valence-corrected chi connectivity index (χ3v) is 12.7. The van der Waals surface area contributed by atoms with Crippen molar-refractivity contribution in [3.05, 3.63) is 29.9 Å². The number of carbonyl (C=O) groups is 2. The molecule has 0 spiro atoms. The number of piperidine rings is 1. The minimum absolute atomic E-state index is 0.0690. The van der Waals surface area contributed by atoms with Crippen molar-refractivity contribution in [2.75, 3.05) is 18.8 Å². The molecule has 2 bridgehead atoms. The molecule has 1 aliphatic heterocycles. The molecule has 220 valence electrons. The maximum atomic E-state index is 13.7. The third-order valence-electron chi connectivity index (χ3n) is 11.4. The highest BCUT2D eigenvalue weighted by atomic mass is 32.2. The fraction of sp³-hybridized carbons (Fsp3) is 0.750. The van der Waals surface area contributed by atoms with Gasteiger partial charge in [0, 0.05) is 40.8 Å². The van der Waals surface area contributed by atoms with E-state index in [2.05, 4.69) is 49.1 Å². The van der Waals surface area contributed by atoms with Crippen LogP contribution in [0.2, 0.25) is 0 Å². The van der Waals surface area contributed by atoms with E-state index in [-0.39, 0.29) is 34.9 Å². The molecule has 1 aromatic heterocycles. The van der Waals surface area contributed by atoms with Crippen molar-refractivity contribution in [1.82, 2.24) is 15.3 Å². The first-order valence-corrected chi connectivity index (χ1v) is 16.3. The zero-order valence-electron chi connectivity index (χ0n) is 24.8. The smallest absolute Gasteiger partial charge is 0.316 e. The number of rotatable bonds is 6. The largest absolute Gasteiger partial charge is 0.461 e. The second kappa shape index (κ2) is 11.5. The highest BCUT2D eigenvalue weighted by Gasteiger charge is 2.68. The molecule has 2 heterocycles. The molecule has 1 saturated heterocycles. The third kappa shape index (κ3) is 5.17. The summed E-state index contributed by atoms with van der Waals surface area (Å²) in [7, 11) is 0. The fourth-order valence-electron chi connectivity index (χ4n) is 8.66. The molecule has 8 heteroatoms. The number of ether oxygens (including phenoxy) is 1. The van der Waals surface area contributed by atoms with Gasteiger partial charge in [-0.25, -0.2) is 0 Å². The molecular weight excluding hydrogens is 522 g/mol. The Morgan fingerprint density at radius 2 is 1.90 bits per heavy atom. The van der Waals surface area contributed by atoms with E-state index in [9.17, 15) is 14.7 Å². The summed E-state index contributed by atoms with van der Waals surface area (Å²) in [5.41, 5.74) is 0.130. The van der Waals surface area contributed by atoms with E-state index in [1.54, 1.807) is 24.2 Å². The van der Waals surface area contributed by atoms with Crippen LogP contribution in [0.1, 0.15) is 84.0 Å². The lowest BCUT2D eigenvalue weighted by Gasteiger charge is -2.61. The molecule has 7 nitrogen and oxygen atoms in total. The minimum atomic E-state index is -0.697. The number of nitrogens with one attached hydrogen (secondary N) is 1. The number of aromatic nitrogens is 2. The Kier molecular flexibility index (Phi) is 8.53. The molecule has 0 radical (unpaired) electrons. The standard InChI is InChI=1S/C32H47N3O4S/c1-20-6-12-32-13-8-25(36)28(32)31(20,5)26(39-27(37)19-40-23-9-14-33-15-10-23)18-30(4,29(38)21(32)2)11-7-24-22(3)34-16-17-35-24/h7,11,16-17,20-21,23,26,28-29,33,38H,6,8-10,12-15,18-19H2,1-5H3/b11-7+/t20-,21+,26-,28+,29+,30+,31+,32+/m1/s1. The van der Waals surface area contributed by atoms with Crippen LogP contribution < -0.4 is 5.32 Å². The van der Waals surface area contributed by atoms with Gasteiger partial charge in [0.25, 0.3) is 0 Å². The van der Waals surface area contributed by atoms with Crippen LogP contribution in [0.25, 0.3) is 6.08 Å². The second-order valence-corrected chi connectivity index (χ2v) is 14.8. The maximum Gasteiger partial charge on any atom is 0.316 e. The number of hydrogen-bond acceptors (Lipinski definition) is 8. The maximum absolute atomic E-state index is 13.7. The van der Waals surface area contributed by atoms with E-state index in [4.69, 9.17) is 4.74 Å². The average Bonchev–Trinajstić information content (AvgIpc) is 3.30. The number of esters is 1. The molecule has 0 unspecified atom stereocenters. The van der Waals surface area contributed by atoms with Gasteiger partial charge in [0.05, 0.1) is 23.2 Å². The van der Waals surface area contributed by atoms with Crippen LogP contribution in [0.5, 0.6) is 0 Å². The Morgan fingerprint density at radius 1 is 1.18 bits per heavy atom. The van der Waals surface area contributed by atoms with Gasteiger partial charge < -0.3 is 15.2 Å². The van der Waals surface area contributed by atoms with Crippen molar-refractivity contribution in [1.29, 1.82) is 0 Å². The van der Waals surface area contributed by atoms with Crippen LogP contribution >= 0.6 is 11.8 Å². The Labute approximate surface area is 243 Å². The lowest BCUT2D eigenvalue weighted by Crippen LogP contribution is -2.63. The van der Waals surface area contributed by atoms with E-state index >= 15 is 0 Å². The van der Waals surface area contributed by atoms with Gasteiger partial charge in [0.15, 0.2) is 0 Å². The lowest BCUT2D eigenvalue weighted by molar-refractivity contribution is -0.205. The summed E-state index contributed by atoms with van der Waals surface area (Å²) in [6.45, 7) is 12.6. The van der Waals surface area contributed by atoms with Crippen molar-refractivity contribution in [3.8, 4) is 0 Å². The number of Topliss-reactive ketones (excluding diaryl/α,β-unsaturated/α-hetero) is 1. The summed E-state index contributed by atoms with van der Waals surface area (Å²) in [4.78, 5) is 36.0. The minimum Gasteiger partial charge on any atom is -0.461 e.